The molecule has 0 amide bonds. The van der Waals surface area contributed by atoms with E-state index in [-0.39, 0.29) is 51.1 Å². The van der Waals surface area contributed by atoms with Gasteiger partial charge in [0.1, 0.15) is 0 Å². The fourth-order valence-electron chi connectivity index (χ4n) is 7.08. The summed E-state index contributed by atoms with van der Waals surface area (Å²) in [4.78, 5) is 0. The van der Waals surface area contributed by atoms with Crippen molar-refractivity contribution in [2.45, 2.75) is 111 Å². The molecule has 2 aliphatic heterocycles. The van der Waals surface area contributed by atoms with Crippen molar-refractivity contribution in [3.63, 3.8) is 0 Å². The molecule has 4 aliphatic rings. The molecule has 2 saturated carbocycles. The van der Waals surface area contributed by atoms with Crippen LogP contribution < -0.4 is 17.0 Å². The number of hydrogen-bond donors (Lipinski definition) is 0. The van der Waals surface area contributed by atoms with Gasteiger partial charge in [0.2, 0.25) is 0 Å². The van der Waals surface area contributed by atoms with Gasteiger partial charge in [0.15, 0.2) is 0 Å². The Balaban J connectivity index is -0.000000321. The minimum atomic E-state index is -6.00. The zero-order valence-electron chi connectivity index (χ0n) is 39.6. The van der Waals surface area contributed by atoms with E-state index in [1.807, 2.05) is 0 Å². The summed E-state index contributed by atoms with van der Waals surface area (Å²) < 4.78 is 39.0. The summed E-state index contributed by atoms with van der Waals surface area (Å²) in [7, 11) is -3.37. The fourth-order valence-corrected chi connectivity index (χ4v) is 25.8. The molecule has 0 aromatic carbocycles. The molecule has 0 spiro atoms. The first-order valence-electron chi connectivity index (χ1n) is 21.3. The summed E-state index contributed by atoms with van der Waals surface area (Å²) in [6.07, 6.45) is 28.3. The van der Waals surface area contributed by atoms with Crippen molar-refractivity contribution in [1.82, 2.24) is 0 Å². The Morgan fingerprint density at radius 2 is 0.362 bits per heavy atom. The molecule has 0 atom stereocenters. The van der Waals surface area contributed by atoms with Crippen LogP contribution in [0.1, 0.15) is 111 Å². The summed E-state index contributed by atoms with van der Waals surface area (Å²) in [5.74, 6) is 14.7. The summed E-state index contributed by atoms with van der Waals surface area (Å²) in [6, 6.07) is 0. The molecule has 4 rings (SSSR count). The van der Waals surface area contributed by atoms with Crippen LogP contribution >= 0.6 is 47.5 Å². The van der Waals surface area contributed by atoms with Crippen LogP contribution in [0.5, 0.6) is 0 Å². The van der Waals surface area contributed by atoms with Gasteiger partial charge in [-0.2, -0.15) is 0 Å². The zero-order chi connectivity index (χ0) is 42.5. The Morgan fingerprint density at radius 1 is 0.293 bits per heavy atom. The molecule has 14 heteroatoms. The zero-order valence-corrected chi connectivity index (χ0v) is 48.7. The Labute approximate surface area is 401 Å². The third kappa shape index (κ3) is 28.2. The van der Waals surface area contributed by atoms with E-state index in [2.05, 4.69) is 111 Å². The first-order chi connectivity index (χ1) is 25.7. The van der Waals surface area contributed by atoms with Crippen molar-refractivity contribution >= 4 is 54.8 Å². The Morgan fingerprint density at radius 3 is 0.414 bits per heavy atom. The van der Waals surface area contributed by atoms with Crippen LogP contribution in [-0.2, 0) is 34.1 Å². The standard InChI is InChI=1S/2C12H27P3.2C10H15.BF4.BrH.2Fe/c2*1-4-13-7-9-14(5-2)11-12-15(6-3)10-8-13;2*1-6-7(2)9(4)10(5)8(6)3;2-1(3,4)5;;;/h2*4-12H2,1-3H3;2*1-5H3;;1H;;/q;;;;-1;;2*+2/p-1. The first-order valence-corrected chi connectivity index (χ1v) is 32.7. The van der Waals surface area contributed by atoms with Gasteiger partial charge in [0.05, 0.1) is 0 Å². The minimum absolute atomic E-state index is 0. The van der Waals surface area contributed by atoms with Crippen LogP contribution in [0, 0.1) is 59.2 Å². The molecule has 0 N–H and O–H groups in total. The smallest absolute Gasteiger partial charge is 1.00 e. The molecule has 342 valence electrons. The van der Waals surface area contributed by atoms with Crippen LogP contribution in [-0.4, -0.2) is 118 Å². The van der Waals surface area contributed by atoms with Crippen molar-refractivity contribution in [1.29, 1.82) is 0 Å². The van der Waals surface area contributed by atoms with Gasteiger partial charge in [0.25, 0.3) is 0 Å². The topological polar surface area (TPSA) is 0 Å². The molecule has 0 unspecified atom stereocenters. The van der Waals surface area contributed by atoms with Gasteiger partial charge < -0.3 is 34.2 Å². The predicted octanol–water partition coefficient (Wildman–Crippen LogP) is 13.3. The summed E-state index contributed by atoms with van der Waals surface area (Å²) >= 11 is 0. The maximum atomic E-state index is 9.75. The van der Waals surface area contributed by atoms with Gasteiger partial charge in [0, 0.05) is 0 Å². The third-order valence-corrected chi connectivity index (χ3v) is 30.5. The second-order valence-corrected chi connectivity index (χ2v) is 32.6. The molecule has 58 heavy (non-hydrogen) atoms. The van der Waals surface area contributed by atoms with E-state index in [1.165, 1.54) is 96.2 Å². The molecule has 10 radical (unpaired) electrons. The van der Waals surface area contributed by atoms with Crippen molar-refractivity contribution in [3.8, 4) is 0 Å². The molecule has 4 fully saturated rings. The van der Waals surface area contributed by atoms with Crippen LogP contribution in [0.4, 0.5) is 17.3 Å². The second-order valence-electron chi connectivity index (χ2n) is 15.4. The van der Waals surface area contributed by atoms with Crippen LogP contribution in [0.2, 0.25) is 0 Å². The van der Waals surface area contributed by atoms with Crippen molar-refractivity contribution in [3.05, 3.63) is 59.2 Å². The van der Waals surface area contributed by atoms with Gasteiger partial charge in [-0.15, -0.1) is 47.5 Å². The van der Waals surface area contributed by atoms with Crippen LogP contribution in [0.25, 0.3) is 0 Å². The Hall–Kier alpha value is 3.88. The van der Waals surface area contributed by atoms with Crippen LogP contribution in [0.15, 0.2) is 0 Å². The van der Waals surface area contributed by atoms with Crippen molar-refractivity contribution in [2.24, 2.45) is 0 Å². The molecule has 0 aromatic rings. The third-order valence-electron chi connectivity index (χ3n) is 12.7. The summed E-state index contributed by atoms with van der Waals surface area (Å²) in [6.45, 7) is 36.5. The van der Waals surface area contributed by atoms with Gasteiger partial charge in [-0.05, 0) is 170 Å². The maximum Gasteiger partial charge on any atom is 2.00 e. The summed E-state index contributed by atoms with van der Waals surface area (Å²) in [5, 5.41) is 0. The van der Waals surface area contributed by atoms with Gasteiger partial charge in [-0.1, -0.05) is 111 Å². The molecule has 0 aromatic heterocycles. The van der Waals surface area contributed by atoms with E-state index < -0.39 is 7.25 Å². The SMILES string of the molecule is CCP1CCP(CC)CCP(CC)CC1.CCP1CCP(CC)CCP(CC)CC1.C[C]1[C](C)[C](C)[C](C)[C]1C.C[C]1[C](C)[C](C)[C](C)[C]1C.F[B-](F)(F)F.[Br-].[Fe+2].[Fe+2]. The number of halogens is 5. The Bertz CT molecular complexity index is 710. The van der Waals surface area contributed by atoms with Gasteiger partial charge >= 0.3 is 41.4 Å². The molecular weight excluding hydrogens is 993 g/mol. The number of hydrogen-bond acceptors (Lipinski definition) is 0. The molecular formula is C44H84BBrF4Fe2P6+2. The average Bonchev–Trinajstić information content (AvgIpc) is 3.54. The van der Waals surface area contributed by atoms with E-state index in [4.69, 9.17) is 0 Å². The molecule has 0 nitrogen and oxygen atoms in total. The molecule has 2 aliphatic carbocycles. The first kappa shape index (κ1) is 68.5. The van der Waals surface area contributed by atoms with E-state index in [0.717, 1.165) is 0 Å². The van der Waals surface area contributed by atoms with Crippen LogP contribution in [0.3, 0.4) is 0 Å². The monoisotopic (exact) mass is 1080 g/mol. The summed E-state index contributed by atoms with van der Waals surface area (Å²) in [5.41, 5.74) is 0. The van der Waals surface area contributed by atoms with E-state index in [1.54, 1.807) is 73.9 Å². The quantitative estimate of drug-likeness (QED) is 0.141. The minimum Gasteiger partial charge on any atom is -1.00 e. The predicted molar refractivity (Wildman–Crippen MR) is 263 cm³/mol. The van der Waals surface area contributed by atoms with Crippen molar-refractivity contribution < 1.29 is 68.4 Å². The van der Waals surface area contributed by atoms with E-state index >= 15 is 0 Å². The van der Waals surface area contributed by atoms with E-state index in [0.29, 0.717) is 47.5 Å². The normalized spacial score (nSPS) is 28.6. The molecule has 2 heterocycles. The molecule has 0 bridgehead atoms. The van der Waals surface area contributed by atoms with Crippen molar-refractivity contribution in [2.75, 3.05) is 111 Å². The second kappa shape index (κ2) is 37.9. The van der Waals surface area contributed by atoms with Gasteiger partial charge in [-0.25, -0.2) is 0 Å². The molecule has 2 saturated heterocycles. The fraction of sp³-hybridized carbons (Fsp3) is 0.773. The Kier molecular flexibility index (Phi) is 44.8. The largest absolute Gasteiger partial charge is 2.00 e. The number of rotatable bonds is 6. The van der Waals surface area contributed by atoms with Gasteiger partial charge in [-0.3, -0.25) is 0 Å². The average molecular weight is 1080 g/mol. The van der Waals surface area contributed by atoms with E-state index in [9.17, 15) is 17.3 Å². The maximum absolute atomic E-state index is 9.75.